The minimum absolute atomic E-state index is 0. The van der Waals surface area contributed by atoms with Gasteiger partial charge in [-0.2, -0.15) is 0 Å². The number of hydrogen-bond donors (Lipinski definition) is 4. The van der Waals surface area contributed by atoms with E-state index in [1.165, 1.54) is 0 Å². The first kappa shape index (κ1) is 21.9. The molecular weight excluding hydrogens is 332 g/mol. The highest BCUT2D eigenvalue weighted by molar-refractivity contribution is 5.98. The number of carbonyl (C=O) groups is 3. The van der Waals surface area contributed by atoms with Crippen LogP contribution in [0.2, 0.25) is 0 Å². The lowest BCUT2D eigenvalue weighted by Crippen LogP contribution is -2.36. The zero-order chi connectivity index (χ0) is 17.6. The third kappa shape index (κ3) is 6.97. The summed E-state index contributed by atoms with van der Waals surface area (Å²) >= 11 is 0. The quantitative estimate of drug-likeness (QED) is 0.638. The van der Waals surface area contributed by atoms with E-state index in [4.69, 9.17) is 5.73 Å². The number of nitrogens with one attached hydrogen (secondary N) is 3. The first-order valence-corrected chi connectivity index (χ1v) is 7.32. The predicted octanol–water partition coefficient (Wildman–Crippen LogP) is 1.41. The molecule has 0 spiro atoms. The molecule has 1 aromatic rings. The van der Waals surface area contributed by atoms with Gasteiger partial charge in [0.25, 0.3) is 0 Å². The fourth-order valence-corrected chi connectivity index (χ4v) is 1.60. The lowest BCUT2D eigenvalue weighted by Gasteiger charge is -2.18. The van der Waals surface area contributed by atoms with Crippen LogP contribution in [-0.4, -0.2) is 30.8 Å². The van der Waals surface area contributed by atoms with Gasteiger partial charge in [-0.25, -0.2) is 0 Å². The van der Waals surface area contributed by atoms with Gasteiger partial charge in [0.1, 0.15) is 0 Å². The number of rotatable bonds is 5. The molecular formula is C16H25ClN4O3. The fraction of sp³-hybridized carbons (Fsp3) is 0.438. The third-order valence-corrected chi connectivity index (χ3v) is 3.08. The van der Waals surface area contributed by atoms with Gasteiger partial charge in [-0.1, -0.05) is 26.8 Å². The summed E-state index contributed by atoms with van der Waals surface area (Å²) in [6.45, 7) is 6.97. The van der Waals surface area contributed by atoms with Crippen molar-refractivity contribution in [1.82, 2.24) is 5.32 Å². The molecule has 0 saturated heterocycles. The van der Waals surface area contributed by atoms with Gasteiger partial charge in [-0.05, 0) is 24.6 Å². The van der Waals surface area contributed by atoms with Crippen LogP contribution in [0, 0.1) is 12.3 Å². The molecule has 0 aliphatic heterocycles. The number of anilines is 2. The molecule has 0 aliphatic carbocycles. The third-order valence-electron chi connectivity index (χ3n) is 3.08. The second-order valence-corrected chi connectivity index (χ2v) is 6.26. The summed E-state index contributed by atoms with van der Waals surface area (Å²) in [4.78, 5) is 34.9. The number of benzene rings is 1. The molecule has 24 heavy (non-hydrogen) atoms. The Morgan fingerprint density at radius 2 is 1.71 bits per heavy atom. The van der Waals surface area contributed by atoms with Gasteiger partial charge in [0.15, 0.2) is 0 Å². The maximum atomic E-state index is 12.0. The topological polar surface area (TPSA) is 113 Å². The zero-order valence-electron chi connectivity index (χ0n) is 14.4. The van der Waals surface area contributed by atoms with E-state index in [1.54, 1.807) is 18.2 Å². The van der Waals surface area contributed by atoms with Gasteiger partial charge in [0.05, 0.1) is 13.1 Å². The van der Waals surface area contributed by atoms with Crippen molar-refractivity contribution in [2.45, 2.75) is 27.7 Å². The molecule has 134 valence electrons. The van der Waals surface area contributed by atoms with Crippen LogP contribution in [0.1, 0.15) is 26.3 Å². The number of aryl methyl sites for hydroxylation is 1. The molecule has 0 unspecified atom stereocenters. The summed E-state index contributed by atoms with van der Waals surface area (Å²) in [6, 6.07) is 5.25. The van der Waals surface area contributed by atoms with E-state index in [9.17, 15) is 14.4 Å². The van der Waals surface area contributed by atoms with Crippen LogP contribution in [0.25, 0.3) is 0 Å². The highest BCUT2D eigenvalue weighted by Gasteiger charge is 2.21. The standard InChI is InChI=1S/C16H24N4O3.ClH/c1-10-5-6-11(19-15(23)16(2,3)4)7-12(10)20-14(22)9-18-13(21)8-17;/h5-7H,8-9,17H2,1-4H3,(H,18,21)(H,19,23)(H,20,22);1H. The maximum Gasteiger partial charge on any atom is 0.243 e. The largest absolute Gasteiger partial charge is 0.346 e. The molecule has 0 aliphatic rings. The van der Waals surface area contributed by atoms with Crippen LogP contribution < -0.4 is 21.7 Å². The van der Waals surface area contributed by atoms with Gasteiger partial charge in [0.2, 0.25) is 17.7 Å². The van der Waals surface area contributed by atoms with Crippen molar-refractivity contribution in [3.05, 3.63) is 23.8 Å². The summed E-state index contributed by atoms with van der Waals surface area (Å²) in [6.07, 6.45) is 0. The molecule has 0 aromatic heterocycles. The zero-order valence-corrected chi connectivity index (χ0v) is 15.2. The van der Waals surface area contributed by atoms with Crippen molar-refractivity contribution in [2.75, 3.05) is 23.7 Å². The van der Waals surface area contributed by atoms with Crippen molar-refractivity contribution in [3.8, 4) is 0 Å². The van der Waals surface area contributed by atoms with E-state index < -0.39 is 11.3 Å². The summed E-state index contributed by atoms with van der Waals surface area (Å²) in [7, 11) is 0. The molecule has 0 fully saturated rings. The molecule has 5 N–H and O–H groups in total. The Kier molecular flexibility index (Phi) is 8.43. The Balaban J connectivity index is 0.00000529. The predicted molar refractivity (Wildman–Crippen MR) is 97.2 cm³/mol. The lowest BCUT2D eigenvalue weighted by atomic mass is 9.95. The number of nitrogens with two attached hydrogens (primary N) is 1. The Morgan fingerprint density at radius 1 is 1.08 bits per heavy atom. The van der Waals surface area contributed by atoms with E-state index in [1.807, 2.05) is 27.7 Å². The second kappa shape index (κ2) is 9.24. The van der Waals surface area contributed by atoms with Gasteiger partial charge in [-0.3, -0.25) is 14.4 Å². The number of amides is 3. The highest BCUT2D eigenvalue weighted by Crippen LogP contribution is 2.22. The monoisotopic (exact) mass is 356 g/mol. The van der Waals surface area contributed by atoms with Gasteiger partial charge < -0.3 is 21.7 Å². The fourth-order valence-electron chi connectivity index (χ4n) is 1.60. The van der Waals surface area contributed by atoms with Crippen molar-refractivity contribution >= 4 is 41.5 Å². The van der Waals surface area contributed by atoms with Crippen molar-refractivity contribution in [3.63, 3.8) is 0 Å². The highest BCUT2D eigenvalue weighted by atomic mass is 35.5. The Labute approximate surface area is 148 Å². The smallest absolute Gasteiger partial charge is 0.243 e. The van der Waals surface area contributed by atoms with Gasteiger partial charge in [-0.15, -0.1) is 12.4 Å². The van der Waals surface area contributed by atoms with Crippen LogP contribution in [0.15, 0.2) is 18.2 Å². The second-order valence-electron chi connectivity index (χ2n) is 6.26. The molecule has 3 amide bonds. The molecule has 0 bridgehead atoms. The van der Waals surface area contributed by atoms with E-state index in [0.29, 0.717) is 11.4 Å². The molecule has 1 aromatic carbocycles. The molecule has 8 heteroatoms. The molecule has 0 heterocycles. The molecule has 7 nitrogen and oxygen atoms in total. The Morgan fingerprint density at radius 3 is 2.25 bits per heavy atom. The summed E-state index contributed by atoms with van der Waals surface area (Å²) in [5.41, 5.74) is 6.65. The molecule has 0 radical (unpaired) electrons. The van der Waals surface area contributed by atoms with E-state index in [-0.39, 0.29) is 37.3 Å². The summed E-state index contributed by atoms with van der Waals surface area (Å²) < 4.78 is 0. The molecule has 0 saturated carbocycles. The summed E-state index contributed by atoms with van der Waals surface area (Å²) in [5.74, 6) is -0.883. The van der Waals surface area contributed by atoms with Crippen LogP contribution in [0.4, 0.5) is 11.4 Å². The minimum atomic E-state index is -0.513. The average Bonchev–Trinajstić information content (AvgIpc) is 2.47. The minimum Gasteiger partial charge on any atom is -0.346 e. The number of hydrogen-bond acceptors (Lipinski definition) is 4. The molecule has 0 atom stereocenters. The first-order chi connectivity index (χ1) is 10.6. The number of halogens is 1. The van der Waals surface area contributed by atoms with Crippen molar-refractivity contribution in [1.29, 1.82) is 0 Å². The van der Waals surface area contributed by atoms with Crippen LogP contribution in [0.5, 0.6) is 0 Å². The average molecular weight is 357 g/mol. The Hall–Kier alpha value is -2.12. The maximum absolute atomic E-state index is 12.0. The van der Waals surface area contributed by atoms with Crippen LogP contribution in [0.3, 0.4) is 0 Å². The Bertz CT molecular complexity index is 612. The van der Waals surface area contributed by atoms with Crippen LogP contribution in [-0.2, 0) is 14.4 Å². The van der Waals surface area contributed by atoms with E-state index in [0.717, 1.165) is 5.56 Å². The normalized spacial score (nSPS) is 10.4. The number of carbonyl (C=O) groups excluding carboxylic acids is 3. The van der Waals surface area contributed by atoms with Crippen LogP contribution >= 0.6 is 12.4 Å². The lowest BCUT2D eigenvalue weighted by molar-refractivity contribution is -0.123. The first-order valence-electron chi connectivity index (χ1n) is 7.32. The SMILES string of the molecule is Cc1ccc(NC(=O)C(C)(C)C)cc1NC(=O)CNC(=O)CN.Cl. The van der Waals surface area contributed by atoms with Crippen molar-refractivity contribution < 1.29 is 14.4 Å². The van der Waals surface area contributed by atoms with E-state index in [2.05, 4.69) is 16.0 Å². The molecule has 1 rings (SSSR count). The van der Waals surface area contributed by atoms with E-state index >= 15 is 0 Å². The van der Waals surface area contributed by atoms with Gasteiger partial charge >= 0.3 is 0 Å². The summed E-state index contributed by atoms with van der Waals surface area (Å²) in [5, 5.41) is 7.89. The van der Waals surface area contributed by atoms with Crippen molar-refractivity contribution in [2.24, 2.45) is 11.1 Å². The van der Waals surface area contributed by atoms with Gasteiger partial charge in [0, 0.05) is 16.8 Å².